The molecule has 0 aromatic heterocycles. The van der Waals surface area contributed by atoms with Gasteiger partial charge >= 0.3 is 0 Å². The van der Waals surface area contributed by atoms with Gasteiger partial charge in [-0.15, -0.1) is 24.0 Å². The lowest BCUT2D eigenvalue weighted by Gasteiger charge is -2.35. The molecule has 1 amide bonds. The molecule has 0 aromatic rings. The summed E-state index contributed by atoms with van der Waals surface area (Å²) < 4.78 is 5.95. The lowest BCUT2D eigenvalue weighted by molar-refractivity contribution is -0.121. The second kappa shape index (κ2) is 10.5. The summed E-state index contributed by atoms with van der Waals surface area (Å²) >= 11 is 0. The number of nitrogens with zero attached hydrogens (tertiary/aromatic N) is 2. The molecule has 0 aliphatic carbocycles. The van der Waals surface area contributed by atoms with Crippen molar-refractivity contribution in [2.75, 3.05) is 39.3 Å². The third-order valence-corrected chi connectivity index (χ3v) is 4.20. The van der Waals surface area contributed by atoms with Crippen LogP contribution in [0.2, 0.25) is 0 Å². The number of aliphatic imine (C=N–C) groups is 1. The predicted molar refractivity (Wildman–Crippen MR) is 112 cm³/mol. The highest BCUT2D eigenvalue weighted by molar-refractivity contribution is 14.0. The number of guanidine groups is 1. The molecule has 7 nitrogen and oxygen atoms in total. The highest BCUT2D eigenvalue weighted by Gasteiger charge is 2.32. The molecule has 146 valence electrons. The fraction of sp³-hybridized carbons (Fsp3) is 0.882. The van der Waals surface area contributed by atoms with Crippen molar-refractivity contribution in [2.45, 2.75) is 58.2 Å². The van der Waals surface area contributed by atoms with Crippen LogP contribution in [0.4, 0.5) is 0 Å². The molecule has 0 radical (unpaired) electrons. The van der Waals surface area contributed by atoms with Gasteiger partial charge in [0.1, 0.15) is 6.54 Å². The van der Waals surface area contributed by atoms with Crippen molar-refractivity contribution in [3.63, 3.8) is 0 Å². The van der Waals surface area contributed by atoms with Gasteiger partial charge in [0.2, 0.25) is 5.91 Å². The molecule has 2 saturated heterocycles. The molecule has 2 heterocycles. The lowest BCUT2D eigenvalue weighted by atomic mass is 10.1. The maximum Gasteiger partial charge on any atom is 0.242 e. The Morgan fingerprint density at radius 2 is 2.08 bits per heavy atom. The van der Waals surface area contributed by atoms with Crippen molar-refractivity contribution in [1.29, 1.82) is 0 Å². The van der Waals surface area contributed by atoms with Gasteiger partial charge in [0.25, 0.3) is 0 Å². The Bertz CT molecular complexity index is 453. The Hall–Kier alpha value is -0.610. The third kappa shape index (κ3) is 8.08. The van der Waals surface area contributed by atoms with E-state index in [-0.39, 0.29) is 48.1 Å². The van der Waals surface area contributed by atoms with E-state index in [1.807, 2.05) is 27.7 Å². The maximum atomic E-state index is 11.9. The highest BCUT2D eigenvalue weighted by Crippen LogP contribution is 2.22. The second-order valence-electron chi connectivity index (χ2n) is 7.62. The molecule has 0 saturated carbocycles. The molecule has 2 aliphatic heterocycles. The largest absolute Gasteiger partial charge is 0.373 e. The molecule has 0 bridgehead atoms. The summed E-state index contributed by atoms with van der Waals surface area (Å²) in [6, 6.07) is 0.615. The van der Waals surface area contributed by atoms with Gasteiger partial charge in [-0.25, -0.2) is 4.99 Å². The number of carbonyl (C=O) groups excluding carboxylic acids is 1. The van der Waals surface area contributed by atoms with E-state index in [4.69, 9.17) is 4.74 Å². The molecular formula is C17H34IN5O2. The molecule has 2 atom stereocenters. The van der Waals surface area contributed by atoms with Crippen LogP contribution in [0.15, 0.2) is 4.99 Å². The van der Waals surface area contributed by atoms with Crippen molar-refractivity contribution >= 4 is 35.8 Å². The summed E-state index contributed by atoms with van der Waals surface area (Å²) in [5, 5.41) is 9.39. The highest BCUT2D eigenvalue weighted by atomic mass is 127. The average molecular weight is 467 g/mol. The number of carbonyl (C=O) groups is 1. The topological polar surface area (TPSA) is 78.0 Å². The van der Waals surface area contributed by atoms with Crippen LogP contribution in [-0.4, -0.2) is 73.8 Å². The van der Waals surface area contributed by atoms with Crippen LogP contribution in [-0.2, 0) is 9.53 Å². The molecule has 2 aliphatic rings. The first-order chi connectivity index (χ1) is 11.4. The SMILES string of the molecule is CCNC(=NCC(=O)NC(C)(C)C)NCC1CN2CCCC2CO1.I. The minimum atomic E-state index is -0.236. The number of fused-ring (bicyclic) bond motifs is 1. The monoisotopic (exact) mass is 467 g/mol. The summed E-state index contributed by atoms with van der Waals surface area (Å²) in [5.41, 5.74) is -0.236. The zero-order chi connectivity index (χ0) is 17.6. The van der Waals surface area contributed by atoms with Crippen LogP contribution >= 0.6 is 24.0 Å². The molecule has 8 heteroatoms. The van der Waals surface area contributed by atoms with E-state index < -0.39 is 0 Å². The number of ether oxygens (including phenoxy) is 1. The summed E-state index contributed by atoms with van der Waals surface area (Å²) in [5.74, 6) is 0.585. The van der Waals surface area contributed by atoms with E-state index in [2.05, 4.69) is 25.8 Å². The Morgan fingerprint density at radius 3 is 2.76 bits per heavy atom. The van der Waals surface area contributed by atoms with E-state index in [9.17, 15) is 4.79 Å². The molecule has 2 unspecified atom stereocenters. The van der Waals surface area contributed by atoms with Gasteiger partial charge in [-0.2, -0.15) is 0 Å². The van der Waals surface area contributed by atoms with Crippen molar-refractivity contribution < 1.29 is 9.53 Å². The predicted octanol–water partition coefficient (Wildman–Crippen LogP) is 0.937. The van der Waals surface area contributed by atoms with Crippen molar-refractivity contribution in [2.24, 2.45) is 4.99 Å². The Balaban J connectivity index is 0.00000312. The first-order valence-electron chi connectivity index (χ1n) is 9.06. The summed E-state index contributed by atoms with van der Waals surface area (Å²) in [7, 11) is 0. The minimum absolute atomic E-state index is 0. The number of rotatable bonds is 5. The van der Waals surface area contributed by atoms with E-state index in [0.717, 1.165) is 19.7 Å². The zero-order valence-corrected chi connectivity index (χ0v) is 18.3. The fourth-order valence-electron chi connectivity index (χ4n) is 3.17. The van der Waals surface area contributed by atoms with Gasteiger partial charge in [0, 0.05) is 31.2 Å². The molecule has 2 fully saturated rings. The molecule has 2 rings (SSSR count). The second-order valence-corrected chi connectivity index (χ2v) is 7.62. The summed E-state index contributed by atoms with van der Waals surface area (Å²) in [6.45, 7) is 12.5. The van der Waals surface area contributed by atoms with Crippen molar-refractivity contribution in [3.8, 4) is 0 Å². The number of nitrogens with one attached hydrogen (secondary N) is 3. The normalized spacial score (nSPS) is 24.2. The average Bonchev–Trinajstić information content (AvgIpc) is 2.96. The van der Waals surface area contributed by atoms with E-state index in [1.54, 1.807) is 0 Å². The van der Waals surface area contributed by atoms with Gasteiger partial charge < -0.3 is 20.7 Å². The molecular weight excluding hydrogens is 433 g/mol. The number of halogens is 1. The van der Waals surface area contributed by atoms with E-state index in [1.165, 1.54) is 19.4 Å². The Morgan fingerprint density at radius 1 is 1.32 bits per heavy atom. The smallest absolute Gasteiger partial charge is 0.242 e. The number of hydrogen-bond donors (Lipinski definition) is 3. The quantitative estimate of drug-likeness (QED) is 0.319. The van der Waals surface area contributed by atoms with Gasteiger partial charge in [0.05, 0.1) is 12.7 Å². The number of morpholine rings is 1. The first kappa shape index (κ1) is 22.4. The van der Waals surface area contributed by atoms with E-state index >= 15 is 0 Å². The van der Waals surface area contributed by atoms with Crippen molar-refractivity contribution in [1.82, 2.24) is 20.9 Å². The first-order valence-corrected chi connectivity index (χ1v) is 9.06. The standard InChI is InChI=1S/C17H33N5O2.HI/c1-5-18-16(20-10-15(23)21-17(2,3)4)19-9-14-11-22-8-6-7-13(22)12-24-14;/h13-14H,5-12H2,1-4H3,(H,21,23)(H2,18,19,20);1H. The van der Waals surface area contributed by atoms with Gasteiger partial charge in [0.15, 0.2) is 5.96 Å². The summed E-state index contributed by atoms with van der Waals surface area (Å²) in [6.07, 6.45) is 2.71. The van der Waals surface area contributed by atoms with Crippen LogP contribution in [0.1, 0.15) is 40.5 Å². The molecule has 3 N–H and O–H groups in total. The van der Waals surface area contributed by atoms with Gasteiger partial charge in [-0.1, -0.05) is 0 Å². The van der Waals surface area contributed by atoms with Gasteiger partial charge in [-0.3, -0.25) is 9.69 Å². The number of hydrogen-bond acceptors (Lipinski definition) is 4. The summed E-state index contributed by atoms with van der Waals surface area (Å²) in [4.78, 5) is 18.8. The van der Waals surface area contributed by atoms with Gasteiger partial charge in [-0.05, 0) is 47.1 Å². The molecule has 0 aromatic carbocycles. The van der Waals surface area contributed by atoms with Crippen LogP contribution in [0.25, 0.3) is 0 Å². The Kier molecular flexibility index (Phi) is 9.44. The van der Waals surface area contributed by atoms with Crippen LogP contribution in [0.3, 0.4) is 0 Å². The number of amides is 1. The molecule has 0 spiro atoms. The van der Waals surface area contributed by atoms with Crippen molar-refractivity contribution in [3.05, 3.63) is 0 Å². The molecule has 25 heavy (non-hydrogen) atoms. The Labute approximate surface area is 168 Å². The zero-order valence-electron chi connectivity index (χ0n) is 15.9. The maximum absolute atomic E-state index is 11.9. The third-order valence-electron chi connectivity index (χ3n) is 4.20. The van der Waals surface area contributed by atoms with Crippen LogP contribution in [0.5, 0.6) is 0 Å². The van der Waals surface area contributed by atoms with E-state index in [0.29, 0.717) is 18.5 Å². The minimum Gasteiger partial charge on any atom is -0.373 e. The fourth-order valence-corrected chi connectivity index (χ4v) is 3.17. The van der Waals surface area contributed by atoms with Crippen LogP contribution < -0.4 is 16.0 Å². The van der Waals surface area contributed by atoms with Crippen LogP contribution in [0, 0.1) is 0 Å². The lowest BCUT2D eigenvalue weighted by Crippen LogP contribution is -2.51.